The maximum Gasteiger partial charge on any atom is 0.257 e. The molecule has 2 aliphatic heterocycles. The summed E-state index contributed by atoms with van der Waals surface area (Å²) < 4.78 is 0. The van der Waals surface area contributed by atoms with Crippen LogP contribution in [0.15, 0.2) is 11.6 Å². The van der Waals surface area contributed by atoms with Gasteiger partial charge in [-0.1, -0.05) is 5.57 Å². The number of hydrogen-bond acceptors (Lipinski definition) is 3. The number of nitrogens with one attached hydrogen (secondary N) is 1. The molecular weight excluding hydrogens is 270 g/mol. The third kappa shape index (κ3) is 2.22. The van der Waals surface area contributed by atoms with Crippen molar-refractivity contribution in [2.75, 3.05) is 0 Å². The lowest BCUT2D eigenvalue weighted by Crippen LogP contribution is -2.59. The number of hydrogen-bond donors (Lipinski definition) is 1. The van der Waals surface area contributed by atoms with E-state index in [1.165, 1.54) is 10.0 Å². The highest BCUT2D eigenvalue weighted by Gasteiger charge is 2.57. The van der Waals surface area contributed by atoms with Crippen LogP contribution in [0.2, 0.25) is 0 Å². The topological polar surface area (TPSA) is 69.7 Å². The molecule has 2 aliphatic rings. The Labute approximate surface area is 125 Å². The molecule has 1 saturated heterocycles. The fourth-order valence-electron chi connectivity index (χ4n) is 2.69. The maximum absolute atomic E-state index is 12.6. The standard InChI is InChI=1S/C15H23N3O3/c1-8(2)16-12(19)11-7-9(3)10(4)17-13(20)15(5,6)14(21)18(11)17/h7-8,10-11H,1-6H3,(H,16,19). The van der Waals surface area contributed by atoms with E-state index >= 15 is 0 Å². The highest BCUT2D eigenvalue weighted by Crippen LogP contribution is 2.38. The number of fused-ring (bicyclic) bond motifs is 1. The summed E-state index contributed by atoms with van der Waals surface area (Å²) in [5, 5.41) is 5.56. The van der Waals surface area contributed by atoms with Crippen LogP contribution >= 0.6 is 0 Å². The number of hydrazine groups is 1. The third-order valence-corrected chi connectivity index (χ3v) is 4.13. The van der Waals surface area contributed by atoms with Gasteiger partial charge in [0.2, 0.25) is 5.91 Å². The molecule has 116 valence electrons. The molecule has 21 heavy (non-hydrogen) atoms. The molecule has 0 saturated carbocycles. The first-order chi connectivity index (χ1) is 9.59. The number of rotatable bonds is 2. The summed E-state index contributed by atoms with van der Waals surface area (Å²) in [5.74, 6) is -0.845. The SMILES string of the molecule is CC1=CC(C(=O)NC(C)C)N2C(=O)C(C)(C)C(=O)N2C1C. The predicted octanol–water partition coefficient (Wildman–Crippen LogP) is 0.840. The lowest BCUT2D eigenvalue weighted by Gasteiger charge is -2.41. The van der Waals surface area contributed by atoms with Crippen LogP contribution in [-0.4, -0.2) is 45.9 Å². The average molecular weight is 293 g/mol. The lowest BCUT2D eigenvalue weighted by atomic mass is 9.92. The van der Waals surface area contributed by atoms with Gasteiger partial charge in [-0.05, 0) is 47.6 Å². The predicted molar refractivity (Wildman–Crippen MR) is 77.8 cm³/mol. The zero-order chi connectivity index (χ0) is 16.1. The van der Waals surface area contributed by atoms with Gasteiger partial charge in [0.15, 0.2) is 6.04 Å². The van der Waals surface area contributed by atoms with Gasteiger partial charge in [-0.15, -0.1) is 0 Å². The Hall–Kier alpha value is -1.85. The van der Waals surface area contributed by atoms with Crippen molar-refractivity contribution in [1.82, 2.24) is 15.3 Å². The van der Waals surface area contributed by atoms with Crippen molar-refractivity contribution in [3.05, 3.63) is 11.6 Å². The monoisotopic (exact) mass is 293 g/mol. The van der Waals surface area contributed by atoms with Gasteiger partial charge in [-0.2, -0.15) is 0 Å². The van der Waals surface area contributed by atoms with E-state index in [2.05, 4.69) is 5.32 Å². The third-order valence-electron chi connectivity index (χ3n) is 4.13. The second-order valence-corrected chi connectivity index (χ2v) is 6.62. The van der Waals surface area contributed by atoms with Crippen molar-refractivity contribution in [2.45, 2.75) is 59.7 Å². The summed E-state index contributed by atoms with van der Waals surface area (Å²) in [6, 6.07) is -1.01. The van der Waals surface area contributed by atoms with Crippen molar-refractivity contribution in [1.29, 1.82) is 0 Å². The molecule has 0 radical (unpaired) electrons. The van der Waals surface area contributed by atoms with E-state index in [4.69, 9.17) is 0 Å². The summed E-state index contributed by atoms with van der Waals surface area (Å²) >= 11 is 0. The minimum atomic E-state index is -1.12. The molecule has 0 bridgehead atoms. The highest BCUT2D eigenvalue weighted by molar-refractivity contribution is 6.11. The molecule has 6 heteroatoms. The molecule has 6 nitrogen and oxygen atoms in total. The van der Waals surface area contributed by atoms with Gasteiger partial charge in [0, 0.05) is 6.04 Å². The van der Waals surface area contributed by atoms with Crippen molar-refractivity contribution < 1.29 is 14.4 Å². The molecule has 0 aliphatic carbocycles. The van der Waals surface area contributed by atoms with E-state index in [1.54, 1.807) is 19.9 Å². The summed E-state index contributed by atoms with van der Waals surface area (Å²) in [5.41, 5.74) is -0.211. The Morgan fingerprint density at radius 1 is 1.24 bits per heavy atom. The Bertz CT molecular complexity index is 536. The zero-order valence-electron chi connectivity index (χ0n) is 13.4. The van der Waals surface area contributed by atoms with E-state index < -0.39 is 11.5 Å². The molecule has 0 aromatic carbocycles. The molecule has 0 spiro atoms. The molecule has 2 atom stereocenters. The minimum Gasteiger partial charge on any atom is -0.352 e. The fraction of sp³-hybridized carbons (Fsp3) is 0.667. The molecule has 2 unspecified atom stereocenters. The van der Waals surface area contributed by atoms with Crippen molar-refractivity contribution in [2.24, 2.45) is 5.41 Å². The zero-order valence-corrected chi connectivity index (χ0v) is 13.4. The van der Waals surface area contributed by atoms with Gasteiger partial charge in [-0.3, -0.25) is 14.4 Å². The van der Waals surface area contributed by atoms with Gasteiger partial charge in [0.1, 0.15) is 5.41 Å². The van der Waals surface area contributed by atoms with Crippen molar-refractivity contribution >= 4 is 17.7 Å². The number of carbonyl (C=O) groups excluding carboxylic acids is 3. The Kier molecular flexibility index (Phi) is 3.59. The molecule has 0 aromatic rings. The van der Waals surface area contributed by atoms with Crippen LogP contribution in [0.5, 0.6) is 0 Å². The first kappa shape index (κ1) is 15.5. The van der Waals surface area contributed by atoms with Gasteiger partial charge < -0.3 is 5.32 Å². The Morgan fingerprint density at radius 2 is 1.76 bits per heavy atom. The molecule has 3 amide bonds. The van der Waals surface area contributed by atoms with Crippen molar-refractivity contribution in [3.8, 4) is 0 Å². The van der Waals surface area contributed by atoms with Crippen LogP contribution in [0.4, 0.5) is 0 Å². The van der Waals surface area contributed by atoms with Crippen LogP contribution in [0.25, 0.3) is 0 Å². The molecule has 1 fully saturated rings. The molecule has 2 rings (SSSR count). The summed E-state index contributed by atoms with van der Waals surface area (Å²) in [7, 11) is 0. The van der Waals surface area contributed by atoms with E-state index in [0.717, 1.165) is 5.57 Å². The maximum atomic E-state index is 12.6. The second-order valence-electron chi connectivity index (χ2n) is 6.62. The number of amides is 3. The fourth-order valence-corrected chi connectivity index (χ4v) is 2.69. The molecule has 1 N–H and O–H groups in total. The summed E-state index contributed by atoms with van der Waals surface area (Å²) in [4.78, 5) is 37.5. The number of nitrogens with zero attached hydrogens (tertiary/aromatic N) is 2. The largest absolute Gasteiger partial charge is 0.352 e. The van der Waals surface area contributed by atoms with Gasteiger partial charge in [0.05, 0.1) is 6.04 Å². The Balaban J connectivity index is 2.45. The smallest absolute Gasteiger partial charge is 0.257 e. The molecule has 0 aromatic heterocycles. The normalized spacial score (nSPS) is 27.9. The van der Waals surface area contributed by atoms with Crippen LogP contribution < -0.4 is 5.32 Å². The minimum absolute atomic E-state index is 0.0274. The summed E-state index contributed by atoms with van der Waals surface area (Å²) in [6.45, 7) is 10.7. The van der Waals surface area contributed by atoms with Gasteiger partial charge in [-0.25, -0.2) is 10.0 Å². The lowest BCUT2D eigenvalue weighted by molar-refractivity contribution is -0.159. The quantitative estimate of drug-likeness (QED) is 0.606. The molecule has 2 heterocycles. The summed E-state index contributed by atoms with van der Waals surface area (Å²) in [6.07, 6.45) is 1.77. The van der Waals surface area contributed by atoms with Gasteiger partial charge in [0.25, 0.3) is 11.8 Å². The Morgan fingerprint density at radius 3 is 2.29 bits per heavy atom. The average Bonchev–Trinajstić information content (AvgIpc) is 2.54. The van der Waals surface area contributed by atoms with Gasteiger partial charge >= 0.3 is 0 Å². The highest BCUT2D eigenvalue weighted by atomic mass is 16.2. The second kappa shape index (κ2) is 4.86. The van der Waals surface area contributed by atoms with E-state index in [-0.39, 0.29) is 29.8 Å². The van der Waals surface area contributed by atoms with E-state index in [9.17, 15) is 14.4 Å². The van der Waals surface area contributed by atoms with Crippen LogP contribution in [0, 0.1) is 5.41 Å². The van der Waals surface area contributed by atoms with E-state index in [1.807, 2.05) is 27.7 Å². The van der Waals surface area contributed by atoms with Crippen molar-refractivity contribution in [3.63, 3.8) is 0 Å². The molecular formula is C15H23N3O3. The first-order valence-corrected chi connectivity index (χ1v) is 7.25. The number of carbonyl (C=O) groups is 3. The first-order valence-electron chi connectivity index (χ1n) is 7.25. The van der Waals surface area contributed by atoms with Crippen LogP contribution in [0.1, 0.15) is 41.5 Å². The van der Waals surface area contributed by atoms with Crippen LogP contribution in [-0.2, 0) is 14.4 Å². The van der Waals surface area contributed by atoms with Crippen LogP contribution in [0.3, 0.4) is 0 Å². The van der Waals surface area contributed by atoms with E-state index in [0.29, 0.717) is 0 Å².